The second-order valence-corrected chi connectivity index (χ2v) is 11.1. The van der Waals surface area contributed by atoms with Crippen LogP contribution < -0.4 is 14.3 Å². The van der Waals surface area contributed by atoms with E-state index in [0.29, 0.717) is 35.1 Å². The van der Waals surface area contributed by atoms with Crippen molar-refractivity contribution in [1.29, 1.82) is 0 Å². The molecule has 0 saturated heterocycles. The van der Waals surface area contributed by atoms with Crippen LogP contribution in [0.4, 0.5) is 0 Å². The number of nitrogens with zero attached hydrogens (tertiary/aromatic N) is 3. The highest BCUT2D eigenvalue weighted by atomic mass is 32.2. The number of benzene rings is 3. The molecule has 8 nitrogen and oxygen atoms in total. The Hall–Kier alpha value is -3.47. The Kier molecular flexibility index (Phi) is 6.18. The van der Waals surface area contributed by atoms with Gasteiger partial charge >= 0.3 is 0 Å². The summed E-state index contributed by atoms with van der Waals surface area (Å²) in [4.78, 5) is 17.8. The summed E-state index contributed by atoms with van der Waals surface area (Å²) in [6.45, 7) is 1.25. The Bertz CT molecular complexity index is 1570. The number of hydrogen-bond donors (Lipinski definition) is 0. The van der Waals surface area contributed by atoms with Crippen LogP contribution in [0.1, 0.15) is 15.9 Å². The van der Waals surface area contributed by atoms with Crippen molar-refractivity contribution in [2.24, 2.45) is 12.0 Å². The molecule has 0 atom stereocenters. The van der Waals surface area contributed by atoms with Crippen molar-refractivity contribution < 1.29 is 22.7 Å². The van der Waals surface area contributed by atoms with Crippen molar-refractivity contribution in [1.82, 2.24) is 8.87 Å². The Labute approximate surface area is 206 Å². The summed E-state index contributed by atoms with van der Waals surface area (Å²) in [7, 11) is -0.339. The topological polar surface area (TPSA) is 90.2 Å². The molecule has 0 spiro atoms. The number of fused-ring (bicyclic) bond motifs is 2. The van der Waals surface area contributed by atoms with Crippen LogP contribution in [0.5, 0.6) is 11.5 Å². The van der Waals surface area contributed by atoms with Gasteiger partial charge in [0.25, 0.3) is 5.91 Å². The quantitative estimate of drug-likeness (QED) is 0.410. The van der Waals surface area contributed by atoms with Gasteiger partial charge in [-0.05, 0) is 29.8 Å². The van der Waals surface area contributed by atoms with Crippen LogP contribution in [0, 0.1) is 0 Å². The number of aryl methyl sites for hydroxylation is 1. The van der Waals surface area contributed by atoms with Gasteiger partial charge in [0, 0.05) is 38.3 Å². The molecule has 0 unspecified atom stereocenters. The van der Waals surface area contributed by atoms with Crippen LogP contribution in [0.15, 0.2) is 76.6 Å². The van der Waals surface area contributed by atoms with Crippen LogP contribution in [0.3, 0.4) is 0 Å². The monoisotopic (exact) mass is 509 g/mol. The van der Waals surface area contributed by atoms with Crippen LogP contribution >= 0.6 is 11.3 Å². The molecule has 35 heavy (non-hydrogen) atoms. The molecular formula is C25H23N3O5S2. The van der Waals surface area contributed by atoms with Gasteiger partial charge in [-0.1, -0.05) is 41.7 Å². The second-order valence-electron chi connectivity index (χ2n) is 8.10. The first kappa shape index (κ1) is 23.3. The van der Waals surface area contributed by atoms with Crippen LogP contribution in [-0.4, -0.2) is 43.5 Å². The van der Waals surface area contributed by atoms with E-state index >= 15 is 0 Å². The Morgan fingerprint density at radius 3 is 2.37 bits per heavy atom. The molecule has 3 aromatic carbocycles. The molecule has 0 radical (unpaired) electrons. The van der Waals surface area contributed by atoms with Gasteiger partial charge in [0.1, 0.15) is 13.2 Å². The molecule has 10 heteroatoms. The maximum Gasteiger partial charge on any atom is 0.279 e. The highest BCUT2D eigenvalue weighted by Gasteiger charge is 2.21. The fraction of sp³-hybridized carbons (Fsp3) is 0.200. The fourth-order valence-electron chi connectivity index (χ4n) is 3.80. The van der Waals surface area contributed by atoms with Crippen molar-refractivity contribution in [2.75, 3.05) is 20.3 Å². The highest BCUT2D eigenvalue weighted by Crippen LogP contribution is 2.35. The molecule has 0 N–H and O–H groups in total. The summed E-state index contributed by atoms with van der Waals surface area (Å²) >= 11 is 1.37. The van der Waals surface area contributed by atoms with E-state index in [4.69, 9.17) is 9.47 Å². The third-order valence-corrected chi connectivity index (χ3v) is 8.64. The molecule has 1 aliphatic heterocycles. The van der Waals surface area contributed by atoms with Crippen molar-refractivity contribution in [2.45, 2.75) is 11.4 Å². The summed E-state index contributed by atoms with van der Waals surface area (Å²) in [5.74, 6) is 0.896. The van der Waals surface area contributed by atoms with E-state index in [1.165, 1.54) is 47.0 Å². The SMILES string of the molecule is CN(Cc1ccccc1)S(=O)(=O)c1ccc(C(=O)N=c2sc3cc4c(cc3n2C)OCCO4)cc1. The van der Waals surface area contributed by atoms with Crippen molar-refractivity contribution in [3.63, 3.8) is 0 Å². The van der Waals surface area contributed by atoms with Gasteiger partial charge in [0.05, 0.1) is 15.1 Å². The number of amides is 1. The first-order valence-electron chi connectivity index (χ1n) is 10.9. The van der Waals surface area contributed by atoms with Gasteiger partial charge < -0.3 is 14.0 Å². The summed E-state index contributed by atoms with van der Waals surface area (Å²) in [5.41, 5.74) is 2.08. The molecule has 2 heterocycles. The van der Waals surface area contributed by atoms with Gasteiger partial charge in [0.15, 0.2) is 16.3 Å². The van der Waals surface area contributed by atoms with Crippen LogP contribution in [-0.2, 0) is 23.6 Å². The van der Waals surface area contributed by atoms with Crippen molar-refractivity contribution in [3.8, 4) is 11.5 Å². The maximum atomic E-state index is 13.0. The number of sulfonamides is 1. The lowest BCUT2D eigenvalue weighted by atomic mass is 10.2. The molecule has 1 aliphatic rings. The van der Waals surface area contributed by atoms with E-state index in [9.17, 15) is 13.2 Å². The van der Waals surface area contributed by atoms with E-state index in [-0.39, 0.29) is 11.4 Å². The predicted molar refractivity (Wildman–Crippen MR) is 133 cm³/mol. The first-order chi connectivity index (χ1) is 16.8. The maximum absolute atomic E-state index is 13.0. The van der Waals surface area contributed by atoms with Crippen LogP contribution in [0.25, 0.3) is 10.2 Å². The number of thiazole rings is 1. The minimum atomic E-state index is -3.71. The smallest absolute Gasteiger partial charge is 0.279 e. The third-order valence-electron chi connectivity index (χ3n) is 5.73. The van der Waals surface area contributed by atoms with E-state index < -0.39 is 15.9 Å². The van der Waals surface area contributed by atoms with Gasteiger partial charge in [-0.25, -0.2) is 8.42 Å². The normalized spacial score (nSPS) is 14.0. The molecule has 5 rings (SSSR count). The van der Waals surface area contributed by atoms with Gasteiger partial charge in [-0.2, -0.15) is 9.30 Å². The van der Waals surface area contributed by atoms with Crippen molar-refractivity contribution in [3.05, 3.63) is 82.7 Å². The van der Waals surface area contributed by atoms with Gasteiger partial charge in [-0.15, -0.1) is 0 Å². The zero-order valence-corrected chi connectivity index (χ0v) is 20.8. The summed E-state index contributed by atoms with van der Waals surface area (Å²) in [5, 5.41) is 0. The minimum Gasteiger partial charge on any atom is -0.486 e. The molecule has 0 fully saturated rings. The molecule has 0 aliphatic carbocycles. The van der Waals surface area contributed by atoms with Gasteiger partial charge in [0.2, 0.25) is 10.0 Å². The first-order valence-corrected chi connectivity index (χ1v) is 13.2. The number of aromatic nitrogens is 1. The Balaban J connectivity index is 1.39. The molecule has 0 bridgehead atoms. The van der Waals surface area contributed by atoms with E-state index in [2.05, 4.69) is 4.99 Å². The number of carbonyl (C=O) groups is 1. The molecular weight excluding hydrogens is 486 g/mol. The van der Waals surface area contributed by atoms with Crippen molar-refractivity contribution >= 4 is 37.5 Å². The predicted octanol–water partition coefficient (Wildman–Crippen LogP) is 3.57. The zero-order chi connectivity index (χ0) is 24.6. The molecule has 4 aromatic rings. The number of rotatable bonds is 5. The second kappa shape index (κ2) is 9.29. The van der Waals surface area contributed by atoms with E-state index in [0.717, 1.165) is 15.8 Å². The number of carbonyl (C=O) groups excluding carboxylic acids is 1. The Morgan fingerprint density at radius 1 is 1.03 bits per heavy atom. The fourth-order valence-corrected chi connectivity index (χ4v) is 5.98. The van der Waals surface area contributed by atoms with Gasteiger partial charge in [-0.3, -0.25) is 4.79 Å². The average molecular weight is 510 g/mol. The zero-order valence-electron chi connectivity index (χ0n) is 19.2. The summed E-state index contributed by atoms with van der Waals surface area (Å²) < 4.78 is 41.2. The Morgan fingerprint density at radius 2 is 1.69 bits per heavy atom. The lowest BCUT2D eigenvalue weighted by molar-refractivity contribution is 0.0998. The highest BCUT2D eigenvalue weighted by molar-refractivity contribution is 7.89. The molecule has 1 amide bonds. The summed E-state index contributed by atoms with van der Waals surface area (Å²) in [6, 6.07) is 19.0. The third kappa shape index (κ3) is 4.60. The van der Waals surface area contributed by atoms with E-state index in [1.807, 2.05) is 54.1 Å². The lowest BCUT2D eigenvalue weighted by Crippen LogP contribution is -2.26. The number of hydrogen-bond acceptors (Lipinski definition) is 6. The largest absolute Gasteiger partial charge is 0.486 e. The average Bonchev–Trinajstić information content (AvgIpc) is 3.17. The van der Waals surface area contributed by atoms with E-state index in [1.54, 1.807) is 0 Å². The molecule has 0 saturated carbocycles. The molecule has 180 valence electrons. The number of ether oxygens (including phenoxy) is 2. The minimum absolute atomic E-state index is 0.116. The lowest BCUT2D eigenvalue weighted by Gasteiger charge is -2.18. The summed E-state index contributed by atoms with van der Waals surface area (Å²) in [6.07, 6.45) is 0. The molecule has 1 aromatic heterocycles. The van der Waals surface area contributed by atoms with Crippen LogP contribution in [0.2, 0.25) is 0 Å². The standard InChI is InChI=1S/C25H23N3O5S2/c1-27(16-17-6-4-3-5-7-17)35(30,31)19-10-8-18(9-11-19)24(29)26-25-28(2)20-14-21-22(15-23(20)34-25)33-13-12-32-21/h3-11,14-15H,12-13,16H2,1-2H3.